The number of unbranched alkanes of at least 4 members (excludes halogenated alkanes) is 1. The number of hydrogen-bond acceptors (Lipinski definition) is 0. The number of aryl methyl sites for hydroxylation is 2. The van der Waals surface area contributed by atoms with Crippen LogP contribution in [0.15, 0.2) is 36.4 Å². The van der Waals surface area contributed by atoms with Crippen LogP contribution in [0.3, 0.4) is 0 Å². The van der Waals surface area contributed by atoms with Crippen LogP contribution in [0.2, 0.25) is 0 Å². The van der Waals surface area contributed by atoms with Crippen molar-refractivity contribution in [3.63, 3.8) is 0 Å². The van der Waals surface area contributed by atoms with Gasteiger partial charge < -0.3 is 0 Å². The molecule has 0 unspecified atom stereocenters. The van der Waals surface area contributed by atoms with Crippen molar-refractivity contribution in [2.24, 2.45) is 0 Å². The molecule has 2 rings (SSSR count). The van der Waals surface area contributed by atoms with E-state index in [9.17, 15) is 0 Å². The molecule has 0 aliphatic heterocycles. The van der Waals surface area contributed by atoms with E-state index >= 15 is 0 Å². The topological polar surface area (TPSA) is 0 Å². The van der Waals surface area contributed by atoms with E-state index in [0.717, 1.165) is 0 Å². The summed E-state index contributed by atoms with van der Waals surface area (Å²) in [6.07, 6.45) is 3.72. The quantitative estimate of drug-likeness (QED) is 0.693. The summed E-state index contributed by atoms with van der Waals surface area (Å²) in [7, 11) is 0. The lowest BCUT2D eigenvalue weighted by atomic mass is 9.96. The molecule has 0 aliphatic carbocycles. The first-order chi connectivity index (χ1) is 8.72. The summed E-state index contributed by atoms with van der Waals surface area (Å²) in [5.41, 5.74) is 6.61. The van der Waals surface area contributed by atoms with Gasteiger partial charge in [-0.25, -0.2) is 0 Å². The predicted octanol–water partition coefficient (Wildman–Crippen LogP) is 5.11. The lowest BCUT2D eigenvalue weighted by molar-refractivity contribution is 0.795. The Labute approximate surface area is 111 Å². The Morgan fingerprint density at radius 2 is 1.72 bits per heavy atom. The van der Waals surface area contributed by atoms with Crippen LogP contribution in [-0.4, -0.2) is 0 Å². The van der Waals surface area contributed by atoms with E-state index in [2.05, 4.69) is 57.2 Å². The van der Waals surface area contributed by atoms with Crippen molar-refractivity contribution in [1.82, 2.24) is 0 Å². The van der Waals surface area contributed by atoms with Crippen molar-refractivity contribution in [2.45, 2.75) is 40.0 Å². The molecule has 0 nitrogen and oxygen atoms in total. The summed E-state index contributed by atoms with van der Waals surface area (Å²) in [5, 5.41) is 0. The average molecular weight is 237 g/mol. The second-order valence-corrected chi connectivity index (χ2v) is 4.96. The molecule has 0 saturated carbocycles. The van der Waals surface area contributed by atoms with Crippen LogP contribution in [0.1, 0.15) is 36.5 Å². The van der Waals surface area contributed by atoms with Crippen molar-refractivity contribution < 1.29 is 0 Å². The van der Waals surface area contributed by atoms with Gasteiger partial charge >= 0.3 is 0 Å². The molecule has 1 radical (unpaired) electrons. The Balaban J connectivity index is 2.26. The van der Waals surface area contributed by atoms with Crippen LogP contribution < -0.4 is 0 Å². The molecule has 0 N–H and O–H groups in total. The molecule has 18 heavy (non-hydrogen) atoms. The van der Waals surface area contributed by atoms with Gasteiger partial charge in [0.05, 0.1) is 0 Å². The largest absolute Gasteiger partial charge is 0.0654 e. The highest BCUT2D eigenvalue weighted by molar-refractivity contribution is 5.67. The fourth-order valence-electron chi connectivity index (χ4n) is 2.20. The molecule has 0 amide bonds. The zero-order chi connectivity index (χ0) is 13.0. The van der Waals surface area contributed by atoms with Crippen LogP contribution in [0.5, 0.6) is 0 Å². The Kier molecular flexibility index (Phi) is 4.19. The van der Waals surface area contributed by atoms with Gasteiger partial charge in [0, 0.05) is 0 Å². The van der Waals surface area contributed by atoms with Crippen molar-refractivity contribution in [3.8, 4) is 11.1 Å². The smallest absolute Gasteiger partial charge is 0.00733 e. The van der Waals surface area contributed by atoms with Crippen LogP contribution in [0.25, 0.3) is 11.1 Å². The van der Waals surface area contributed by atoms with Crippen LogP contribution in [0, 0.1) is 19.9 Å². The highest BCUT2D eigenvalue weighted by atomic mass is 14.1. The average Bonchev–Trinajstić information content (AvgIpc) is 2.40. The summed E-state index contributed by atoms with van der Waals surface area (Å²) >= 11 is 0. The molecule has 0 heterocycles. The molecule has 2 aromatic rings. The third kappa shape index (κ3) is 2.81. The lowest BCUT2D eigenvalue weighted by Gasteiger charge is -2.09. The first-order valence-electron chi connectivity index (χ1n) is 6.79. The van der Waals surface area contributed by atoms with Gasteiger partial charge in [-0.05, 0) is 60.6 Å². The molecular weight excluding hydrogens is 216 g/mol. The summed E-state index contributed by atoms with van der Waals surface area (Å²) in [6, 6.07) is 16.4. The van der Waals surface area contributed by atoms with Crippen LogP contribution >= 0.6 is 0 Å². The van der Waals surface area contributed by atoms with Crippen molar-refractivity contribution in [1.29, 1.82) is 0 Å². The van der Waals surface area contributed by atoms with Gasteiger partial charge in [0.25, 0.3) is 0 Å². The van der Waals surface area contributed by atoms with E-state index in [1.807, 2.05) is 6.07 Å². The number of benzene rings is 2. The maximum absolute atomic E-state index is 3.36. The Bertz CT molecular complexity index is 506. The normalized spacial score (nSPS) is 10.6. The monoisotopic (exact) mass is 237 g/mol. The van der Waals surface area contributed by atoms with Gasteiger partial charge in [0.2, 0.25) is 0 Å². The predicted molar refractivity (Wildman–Crippen MR) is 78.8 cm³/mol. The third-order valence-corrected chi connectivity index (χ3v) is 3.59. The number of rotatable bonds is 4. The minimum Gasteiger partial charge on any atom is -0.0654 e. The highest BCUT2D eigenvalue weighted by Gasteiger charge is 2.03. The Hall–Kier alpha value is -1.56. The van der Waals surface area contributed by atoms with E-state index in [1.54, 1.807) is 0 Å². The van der Waals surface area contributed by atoms with Crippen molar-refractivity contribution in [2.75, 3.05) is 0 Å². The van der Waals surface area contributed by atoms with Crippen molar-refractivity contribution >= 4 is 0 Å². The lowest BCUT2D eigenvalue weighted by Crippen LogP contribution is -1.89. The summed E-state index contributed by atoms with van der Waals surface area (Å²) in [6.45, 7) is 6.56. The molecular formula is C18H21. The summed E-state index contributed by atoms with van der Waals surface area (Å²) in [5.74, 6) is 0. The van der Waals surface area contributed by atoms with E-state index in [0.29, 0.717) is 0 Å². The standard InChI is InChI=1S/C18H21/c1-4-5-8-16-10-12-17(13-11-16)18-9-6-7-14(2)15(18)3/h6-7,10-13H,4-5,8H2,1-3H3. The maximum atomic E-state index is 3.36. The maximum Gasteiger partial charge on any atom is -0.00733 e. The van der Waals surface area contributed by atoms with E-state index in [1.165, 1.54) is 47.1 Å². The van der Waals surface area contributed by atoms with Gasteiger partial charge in [-0.15, -0.1) is 0 Å². The van der Waals surface area contributed by atoms with E-state index in [-0.39, 0.29) is 0 Å². The number of hydrogen-bond donors (Lipinski definition) is 0. The highest BCUT2D eigenvalue weighted by Crippen LogP contribution is 2.25. The van der Waals surface area contributed by atoms with Gasteiger partial charge in [-0.2, -0.15) is 0 Å². The van der Waals surface area contributed by atoms with Gasteiger partial charge in [0.1, 0.15) is 0 Å². The molecule has 0 aromatic heterocycles. The zero-order valence-electron chi connectivity index (χ0n) is 11.6. The fraction of sp³-hybridized carbons (Fsp3) is 0.333. The molecule has 2 aromatic carbocycles. The molecule has 0 bridgehead atoms. The second-order valence-electron chi connectivity index (χ2n) is 4.96. The SMILES string of the molecule is CCCCc1ccc(-c2[c]ccc(C)c2C)cc1. The van der Waals surface area contributed by atoms with Crippen molar-refractivity contribution in [3.05, 3.63) is 59.2 Å². The molecule has 0 fully saturated rings. The first-order valence-corrected chi connectivity index (χ1v) is 6.79. The minimum absolute atomic E-state index is 1.19. The molecule has 0 saturated heterocycles. The van der Waals surface area contributed by atoms with Crippen LogP contribution in [-0.2, 0) is 6.42 Å². The summed E-state index contributed by atoms with van der Waals surface area (Å²) in [4.78, 5) is 0. The molecule has 0 aliphatic rings. The second kappa shape index (κ2) is 5.86. The minimum atomic E-state index is 1.19. The molecule has 93 valence electrons. The van der Waals surface area contributed by atoms with Gasteiger partial charge in [-0.3, -0.25) is 0 Å². The molecule has 0 spiro atoms. The van der Waals surface area contributed by atoms with Gasteiger partial charge in [-0.1, -0.05) is 49.7 Å². The Morgan fingerprint density at radius 1 is 1.00 bits per heavy atom. The molecule has 0 heteroatoms. The Morgan fingerprint density at radius 3 is 2.39 bits per heavy atom. The fourth-order valence-corrected chi connectivity index (χ4v) is 2.20. The van der Waals surface area contributed by atoms with E-state index in [4.69, 9.17) is 0 Å². The zero-order valence-corrected chi connectivity index (χ0v) is 11.6. The third-order valence-electron chi connectivity index (χ3n) is 3.59. The van der Waals surface area contributed by atoms with Gasteiger partial charge in [0.15, 0.2) is 0 Å². The first kappa shape index (κ1) is 12.9. The molecule has 0 atom stereocenters. The summed E-state index contributed by atoms with van der Waals surface area (Å²) < 4.78 is 0. The van der Waals surface area contributed by atoms with E-state index < -0.39 is 0 Å². The van der Waals surface area contributed by atoms with Crippen LogP contribution in [0.4, 0.5) is 0 Å².